The lowest BCUT2D eigenvalue weighted by Crippen LogP contribution is -2.24. The van der Waals surface area contributed by atoms with E-state index < -0.39 is 0 Å². The number of nitrogens with zero attached hydrogens (tertiary/aromatic N) is 1. The minimum atomic E-state index is 0.601. The molecule has 2 unspecified atom stereocenters. The molecular formula is C22H26N2. The molecule has 2 nitrogen and oxygen atoms in total. The molecule has 0 radical (unpaired) electrons. The monoisotopic (exact) mass is 318 g/mol. The van der Waals surface area contributed by atoms with E-state index in [0.717, 1.165) is 17.4 Å². The molecule has 24 heavy (non-hydrogen) atoms. The zero-order valence-electron chi connectivity index (χ0n) is 14.5. The zero-order valence-corrected chi connectivity index (χ0v) is 14.5. The fourth-order valence-electron chi connectivity index (χ4n) is 3.59. The Balaban J connectivity index is 1.63. The van der Waals surface area contributed by atoms with Gasteiger partial charge in [-0.25, -0.2) is 0 Å². The second kappa shape index (κ2) is 7.96. The molecule has 2 atom stereocenters. The molecule has 0 heterocycles. The lowest BCUT2D eigenvalue weighted by atomic mass is 10.1. The first kappa shape index (κ1) is 16.5. The van der Waals surface area contributed by atoms with Gasteiger partial charge in [0.25, 0.3) is 0 Å². The minimum absolute atomic E-state index is 0.601. The standard InChI is InChI=1S/C22H26N2/c1-3-4-17(15-16-23-2)5-6-18-7-13-21(14-8-18)24-22-19-9-10-20(22)12-11-19/h3-10,13-16,19-20,22,24H,11-12H2,1-2H3/b4-3-,6-5+,17-15+,23-16?. The number of nitrogens with one attached hydrogen (secondary N) is 1. The number of fused-ring (bicyclic) bond motifs is 2. The molecule has 2 aliphatic carbocycles. The fourth-order valence-corrected chi connectivity index (χ4v) is 3.59. The Labute approximate surface area is 145 Å². The number of allylic oxidation sites excluding steroid dienone is 5. The number of benzene rings is 1. The first-order chi connectivity index (χ1) is 11.8. The van der Waals surface area contributed by atoms with Crippen molar-refractivity contribution in [2.24, 2.45) is 16.8 Å². The first-order valence-electron chi connectivity index (χ1n) is 8.78. The van der Waals surface area contributed by atoms with Gasteiger partial charge in [0.05, 0.1) is 0 Å². The van der Waals surface area contributed by atoms with Crippen molar-refractivity contribution in [1.82, 2.24) is 0 Å². The topological polar surface area (TPSA) is 24.4 Å². The predicted molar refractivity (Wildman–Crippen MR) is 106 cm³/mol. The van der Waals surface area contributed by atoms with E-state index in [9.17, 15) is 0 Å². The van der Waals surface area contributed by atoms with Crippen molar-refractivity contribution in [3.63, 3.8) is 0 Å². The molecule has 0 aromatic heterocycles. The fraction of sp³-hybridized carbons (Fsp3) is 0.318. The molecule has 1 N–H and O–H groups in total. The van der Waals surface area contributed by atoms with Crippen LogP contribution in [0.2, 0.25) is 0 Å². The van der Waals surface area contributed by atoms with E-state index in [-0.39, 0.29) is 0 Å². The van der Waals surface area contributed by atoms with Crippen LogP contribution in [-0.2, 0) is 0 Å². The van der Waals surface area contributed by atoms with Crippen molar-refractivity contribution < 1.29 is 0 Å². The number of rotatable bonds is 6. The maximum absolute atomic E-state index is 4.01. The Bertz CT molecular complexity index is 675. The largest absolute Gasteiger partial charge is 0.381 e. The van der Waals surface area contributed by atoms with Crippen LogP contribution < -0.4 is 5.32 Å². The lowest BCUT2D eigenvalue weighted by molar-refractivity contribution is 0.599. The predicted octanol–water partition coefficient (Wildman–Crippen LogP) is 5.28. The third kappa shape index (κ3) is 3.94. The van der Waals surface area contributed by atoms with Crippen LogP contribution in [0.4, 0.5) is 5.69 Å². The molecule has 1 aromatic rings. The lowest BCUT2D eigenvalue weighted by Gasteiger charge is -2.19. The number of anilines is 1. The second-order valence-electron chi connectivity index (χ2n) is 6.49. The van der Waals surface area contributed by atoms with Crippen molar-refractivity contribution in [3.05, 3.63) is 71.9 Å². The van der Waals surface area contributed by atoms with Crippen LogP contribution in [0.15, 0.2) is 71.3 Å². The van der Waals surface area contributed by atoms with Crippen molar-refractivity contribution in [1.29, 1.82) is 0 Å². The molecule has 124 valence electrons. The Morgan fingerprint density at radius 2 is 1.79 bits per heavy atom. The third-order valence-corrected chi connectivity index (χ3v) is 4.85. The van der Waals surface area contributed by atoms with E-state index in [0.29, 0.717) is 6.04 Å². The molecule has 1 aromatic carbocycles. The average Bonchev–Trinajstić information content (AvgIpc) is 3.18. The number of hydrogen-bond donors (Lipinski definition) is 1. The summed E-state index contributed by atoms with van der Waals surface area (Å²) < 4.78 is 0. The smallest absolute Gasteiger partial charge is 0.0386 e. The summed E-state index contributed by atoms with van der Waals surface area (Å²) in [6.07, 6.45) is 19.6. The van der Waals surface area contributed by atoms with Gasteiger partial charge >= 0.3 is 0 Å². The van der Waals surface area contributed by atoms with E-state index in [4.69, 9.17) is 0 Å². The molecular weight excluding hydrogens is 292 g/mol. The van der Waals surface area contributed by atoms with Crippen LogP contribution >= 0.6 is 0 Å². The highest BCUT2D eigenvalue weighted by Crippen LogP contribution is 2.40. The molecule has 2 aliphatic rings. The van der Waals surface area contributed by atoms with Crippen LogP contribution in [0, 0.1) is 11.8 Å². The van der Waals surface area contributed by atoms with Gasteiger partial charge < -0.3 is 5.32 Å². The Morgan fingerprint density at radius 1 is 1.08 bits per heavy atom. The van der Waals surface area contributed by atoms with Gasteiger partial charge in [0.2, 0.25) is 0 Å². The summed E-state index contributed by atoms with van der Waals surface area (Å²) in [5.41, 5.74) is 3.57. The van der Waals surface area contributed by atoms with Crippen LogP contribution in [0.25, 0.3) is 6.08 Å². The minimum Gasteiger partial charge on any atom is -0.381 e. The van der Waals surface area contributed by atoms with E-state index in [2.05, 4.69) is 65.0 Å². The van der Waals surface area contributed by atoms with Gasteiger partial charge in [0.15, 0.2) is 0 Å². The summed E-state index contributed by atoms with van der Waals surface area (Å²) in [5.74, 6) is 1.45. The van der Waals surface area contributed by atoms with Gasteiger partial charge in [-0.3, -0.25) is 4.99 Å². The number of hydrogen-bond acceptors (Lipinski definition) is 2. The van der Waals surface area contributed by atoms with E-state index in [1.807, 2.05) is 25.3 Å². The van der Waals surface area contributed by atoms with Crippen molar-refractivity contribution in [3.8, 4) is 0 Å². The zero-order chi connectivity index (χ0) is 16.8. The van der Waals surface area contributed by atoms with Crippen molar-refractivity contribution >= 4 is 18.0 Å². The Hall–Kier alpha value is -2.35. The molecule has 0 spiro atoms. The molecule has 1 fully saturated rings. The van der Waals surface area contributed by atoms with Gasteiger partial charge in [-0.15, -0.1) is 0 Å². The molecule has 3 rings (SSSR count). The van der Waals surface area contributed by atoms with Gasteiger partial charge in [0, 0.05) is 25.0 Å². The molecule has 1 saturated carbocycles. The van der Waals surface area contributed by atoms with Gasteiger partial charge in [-0.2, -0.15) is 0 Å². The summed E-state index contributed by atoms with van der Waals surface area (Å²) in [4.78, 5) is 4.01. The third-order valence-electron chi connectivity index (χ3n) is 4.85. The molecule has 0 amide bonds. The second-order valence-corrected chi connectivity index (χ2v) is 6.49. The Kier molecular flexibility index (Phi) is 5.47. The van der Waals surface area contributed by atoms with E-state index in [1.54, 1.807) is 7.05 Å². The quantitative estimate of drug-likeness (QED) is 0.431. The van der Waals surface area contributed by atoms with Crippen molar-refractivity contribution in [2.45, 2.75) is 25.8 Å². The summed E-state index contributed by atoms with van der Waals surface area (Å²) in [6.45, 7) is 2.02. The Morgan fingerprint density at radius 3 is 2.38 bits per heavy atom. The summed E-state index contributed by atoms with van der Waals surface area (Å²) in [7, 11) is 1.78. The van der Waals surface area contributed by atoms with Gasteiger partial charge in [-0.05, 0) is 60.9 Å². The van der Waals surface area contributed by atoms with Gasteiger partial charge in [-0.1, -0.05) is 48.6 Å². The van der Waals surface area contributed by atoms with Crippen LogP contribution in [0.3, 0.4) is 0 Å². The summed E-state index contributed by atoms with van der Waals surface area (Å²) in [6, 6.07) is 9.31. The summed E-state index contributed by atoms with van der Waals surface area (Å²) in [5, 5.41) is 3.72. The van der Waals surface area contributed by atoms with Crippen molar-refractivity contribution in [2.75, 3.05) is 12.4 Å². The molecule has 2 bridgehead atoms. The van der Waals surface area contributed by atoms with Gasteiger partial charge in [0.1, 0.15) is 0 Å². The van der Waals surface area contributed by atoms with Crippen LogP contribution in [-0.4, -0.2) is 19.3 Å². The normalized spacial score (nSPS) is 26.4. The SMILES string of the molecule is C\C=C/C(/C=C/c1ccc(NC2C3C=CC2CC3)cc1)=C\C=NC. The highest BCUT2D eigenvalue weighted by atomic mass is 14.9. The van der Waals surface area contributed by atoms with Crippen LogP contribution in [0.5, 0.6) is 0 Å². The van der Waals surface area contributed by atoms with E-state index >= 15 is 0 Å². The average molecular weight is 318 g/mol. The molecule has 0 saturated heterocycles. The molecule has 2 heteroatoms. The summed E-state index contributed by atoms with van der Waals surface area (Å²) >= 11 is 0. The highest BCUT2D eigenvalue weighted by molar-refractivity contribution is 5.75. The molecule has 0 aliphatic heterocycles. The first-order valence-corrected chi connectivity index (χ1v) is 8.78. The highest BCUT2D eigenvalue weighted by Gasteiger charge is 2.37. The van der Waals surface area contributed by atoms with Crippen LogP contribution in [0.1, 0.15) is 25.3 Å². The van der Waals surface area contributed by atoms with E-state index in [1.165, 1.54) is 24.1 Å². The number of aliphatic imine (C=N–C) groups is 1. The maximum Gasteiger partial charge on any atom is 0.0386 e. The maximum atomic E-state index is 4.01.